The molecular weight excluding hydrogens is 346 g/mol. The van der Waals surface area contributed by atoms with Gasteiger partial charge in [-0.25, -0.2) is 4.98 Å². The number of fused-ring (bicyclic) bond motifs is 3. The number of carbonyl (C=O) groups is 1. The summed E-state index contributed by atoms with van der Waals surface area (Å²) in [7, 11) is 0. The van der Waals surface area contributed by atoms with Crippen molar-refractivity contribution in [2.45, 2.75) is 45.1 Å². The highest BCUT2D eigenvalue weighted by Gasteiger charge is 2.24. The molecule has 2 heterocycles. The van der Waals surface area contributed by atoms with E-state index in [9.17, 15) is 9.90 Å². The van der Waals surface area contributed by atoms with Crippen molar-refractivity contribution < 1.29 is 15.2 Å². The topological polar surface area (TPSA) is 82.5 Å². The molecule has 1 atom stereocenters. The summed E-state index contributed by atoms with van der Waals surface area (Å²) in [5.41, 5.74) is 2.46. The molecule has 0 bridgehead atoms. The first kappa shape index (κ1) is 17.1. The van der Waals surface area contributed by atoms with Crippen molar-refractivity contribution >= 4 is 33.3 Å². The highest BCUT2D eigenvalue weighted by molar-refractivity contribution is 7.18. The lowest BCUT2D eigenvalue weighted by Gasteiger charge is -2.14. The molecule has 0 unspecified atom stereocenters. The van der Waals surface area contributed by atoms with Crippen LogP contribution in [-0.2, 0) is 24.1 Å². The summed E-state index contributed by atoms with van der Waals surface area (Å²) in [4.78, 5) is 23.2. The number of aliphatic carboxylic acids is 1. The van der Waals surface area contributed by atoms with Crippen molar-refractivity contribution in [1.29, 1.82) is 0 Å². The Bertz CT molecular complexity index is 953. The predicted molar refractivity (Wildman–Crippen MR) is 99.4 cm³/mol. The van der Waals surface area contributed by atoms with Gasteiger partial charge in [0, 0.05) is 11.3 Å². The van der Waals surface area contributed by atoms with E-state index in [-0.39, 0.29) is 0 Å². The number of aromatic nitrogens is 2. The highest BCUT2D eigenvalue weighted by atomic mass is 32.1. The van der Waals surface area contributed by atoms with Gasteiger partial charge in [-0.3, -0.25) is 5.32 Å². The number of aryl methyl sites for hydroxylation is 2. The second-order valence-electron chi connectivity index (χ2n) is 6.85. The molecule has 0 saturated carbocycles. The number of nitrogens with zero attached hydrogens (tertiary/aromatic N) is 2. The fourth-order valence-electron chi connectivity index (χ4n) is 3.51. The lowest BCUT2D eigenvalue weighted by Crippen LogP contribution is -2.87. The molecule has 0 aliphatic heterocycles. The molecule has 0 radical (unpaired) electrons. The highest BCUT2D eigenvalue weighted by Crippen LogP contribution is 2.37. The van der Waals surface area contributed by atoms with E-state index in [4.69, 9.17) is 9.97 Å². The number of hydrogen-bond acceptors (Lipinski definition) is 5. The minimum atomic E-state index is -1.08. The standard InChI is InChI=1S/C20H21N3O2S/c1-12(20(24)25)21-18-17-14-9-5-6-10-15(14)26-19(17)23-16(22-18)11-13-7-3-2-4-8-13/h2-4,7-8,12H,5-6,9-11H2,1H3,(H,24,25)(H,21,22,23)/t12-/m0/s1. The maximum Gasteiger partial charge on any atom is 0.237 e. The van der Waals surface area contributed by atoms with Crippen LogP contribution >= 0.6 is 11.3 Å². The van der Waals surface area contributed by atoms with E-state index in [2.05, 4.69) is 12.1 Å². The van der Waals surface area contributed by atoms with Crippen LogP contribution in [-0.4, -0.2) is 22.0 Å². The number of rotatable bonds is 5. The van der Waals surface area contributed by atoms with Crippen molar-refractivity contribution in [3.63, 3.8) is 0 Å². The monoisotopic (exact) mass is 367 g/mol. The van der Waals surface area contributed by atoms with E-state index < -0.39 is 12.0 Å². The second kappa shape index (κ2) is 7.13. The third-order valence-electron chi connectivity index (χ3n) is 4.87. The van der Waals surface area contributed by atoms with Gasteiger partial charge in [-0.05, 0) is 43.7 Å². The molecule has 1 aliphatic rings. The lowest BCUT2D eigenvalue weighted by molar-refractivity contribution is -0.605. The second-order valence-corrected chi connectivity index (χ2v) is 7.94. The number of quaternary nitrogens is 1. The molecule has 6 heteroatoms. The van der Waals surface area contributed by atoms with E-state index >= 15 is 0 Å². The van der Waals surface area contributed by atoms with Crippen LogP contribution in [0.1, 0.15) is 41.6 Å². The van der Waals surface area contributed by atoms with Crippen LogP contribution in [0, 0.1) is 0 Å². The van der Waals surface area contributed by atoms with E-state index in [1.807, 2.05) is 18.2 Å². The number of benzene rings is 1. The molecule has 0 saturated heterocycles. The first-order valence-corrected chi connectivity index (χ1v) is 9.84. The zero-order chi connectivity index (χ0) is 18.1. The van der Waals surface area contributed by atoms with E-state index in [1.54, 1.807) is 23.6 Å². The van der Waals surface area contributed by atoms with Crippen LogP contribution in [0.3, 0.4) is 0 Å². The van der Waals surface area contributed by atoms with E-state index in [0.29, 0.717) is 6.42 Å². The average Bonchev–Trinajstić information content (AvgIpc) is 3.01. The zero-order valence-corrected chi connectivity index (χ0v) is 15.5. The Labute approximate surface area is 156 Å². The predicted octanol–water partition coefficient (Wildman–Crippen LogP) is 1.49. The van der Waals surface area contributed by atoms with Crippen LogP contribution in [0.2, 0.25) is 0 Å². The number of carbonyl (C=O) groups excluding carboxylic acids is 1. The van der Waals surface area contributed by atoms with Gasteiger partial charge >= 0.3 is 0 Å². The Morgan fingerprint density at radius 2 is 2.00 bits per heavy atom. The molecule has 26 heavy (non-hydrogen) atoms. The minimum Gasteiger partial charge on any atom is -0.544 e. The molecule has 2 aromatic heterocycles. The molecule has 0 spiro atoms. The van der Waals surface area contributed by atoms with Gasteiger partial charge in [0.2, 0.25) is 5.82 Å². The van der Waals surface area contributed by atoms with Gasteiger partial charge in [0.15, 0.2) is 0 Å². The molecule has 1 aliphatic carbocycles. The average molecular weight is 367 g/mol. The summed E-state index contributed by atoms with van der Waals surface area (Å²) in [6.45, 7) is 1.64. The zero-order valence-electron chi connectivity index (χ0n) is 14.7. The molecule has 0 fully saturated rings. The maximum absolute atomic E-state index is 11.3. The molecular formula is C20H21N3O2S. The summed E-state index contributed by atoms with van der Waals surface area (Å²) in [5.74, 6) is 0.404. The van der Waals surface area contributed by atoms with Crippen molar-refractivity contribution in [2.24, 2.45) is 0 Å². The summed E-state index contributed by atoms with van der Waals surface area (Å²) < 4.78 is 0. The summed E-state index contributed by atoms with van der Waals surface area (Å²) in [5, 5.41) is 14.0. The molecule has 5 nitrogen and oxygen atoms in total. The first-order chi connectivity index (χ1) is 12.6. The van der Waals surface area contributed by atoms with E-state index in [0.717, 1.165) is 40.3 Å². The molecule has 1 aromatic carbocycles. The van der Waals surface area contributed by atoms with Crippen molar-refractivity contribution in [3.8, 4) is 0 Å². The number of hydrogen-bond donors (Lipinski definition) is 1. The van der Waals surface area contributed by atoms with Gasteiger partial charge in [-0.2, -0.15) is 4.98 Å². The molecule has 2 N–H and O–H groups in total. The SMILES string of the molecule is C[C@H]([NH2+]c1nc(Cc2ccccc2)nc2sc3c(c12)CCCC3)C(=O)[O-]. The normalized spacial score (nSPS) is 15.0. The van der Waals surface area contributed by atoms with Gasteiger partial charge in [-0.1, -0.05) is 30.3 Å². The molecule has 134 valence electrons. The van der Waals surface area contributed by atoms with Crippen LogP contribution < -0.4 is 10.4 Å². The molecule has 0 amide bonds. The van der Waals surface area contributed by atoms with Crippen LogP contribution in [0.15, 0.2) is 30.3 Å². The first-order valence-electron chi connectivity index (χ1n) is 9.02. The van der Waals surface area contributed by atoms with Gasteiger partial charge in [0.25, 0.3) is 0 Å². The van der Waals surface area contributed by atoms with Crippen LogP contribution in [0.25, 0.3) is 10.2 Å². The fraction of sp³-hybridized carbons (Fsp3) is 0.350. The Kier molecular flexibility index (Phi) is 4.70. The van der Waals surface area contributed by atoms with Crippen LogP contribution in [0.4, 0.5) is 5.82 Å². The van der Waals surface area contributed by atoms with Gasteiger partial charge < -0.3 is 9.90 Å². The van der Waals surface area contributed by atoms with Gasteiger partial charge in [0.05, 0.1) is 11.4 Å². The summed E-state index contributed by atoms with van der Waals surface area (Å²) >= 11 is 1.74. The maximum atomic E-state index is 11.3. The van der Waals surface area contributed by atoms with Gasteiger partial charge in [0.1, 0.15) is 16.7 Å². The van der Waals surface area contributed by atoms with Crippen molar-refractivity contribution in [3.05, 3.63) is 52.2 Å². The largest absolute Gasteiger partial charge is 0.544 e. The quantitative estimate of drug-likeness (QED) is 0.741. The lowest BCUT2D eigenvalue weighted by atomic mass is 9.97. The molecule has 3 aromatic rings. The minimum absolute atomic E-state index is 0.639. The Morgan fingerprint density at radius 1 is 1.23 bits per heavy atom. The Balaban J connectivity index is 1.80. The third-order valence-corrected chi connectivity index (χ3v) is 6.06. The summed E-state index contributed by atoms with van der Waals surface area (Å²) in [6, 6.07) is 9.42. The van der Waals surface area contributed by atoms with Crippen molar-refractivity contribution in [2.75, 3.05) is 0 Å². The number of nitrogens with two attached hydrogens (primary N) is 1. The molecule has 4 rings (SSSR count). The smallest absolute Gasteiger partial charge is 0.237 e. The number of carboxylic acids is 1. The Morgan fingerprint density at radius 3 is 2.77 bits per heavy atom. The summed E-state index contributed by atoms with van der Waals surface area (Å²) in [6.07, 6.45) is 5.12. The van der Waals surface area contributed by atoms with Crippen LogP contribution in [0.5, 0.6) is 0 Å². The number of carboxylic acid groups (broad SMARTS) is 1. The Hall–Kier alpha value is -2.31. The van der Waals surface area contributed by atoms with E-state index in [1.165, 1.54) is 23.3 Å². The van der Waals surface area contributed by atoms with Crippen molar-refractivity contribution in [1.82, 2.24) is 9.97 Å². The van der Waals surface area contributed by atoms with Gasteiger partial charge in [-0.15, -0.1) is 11.3 Å². The number of thiophene rings is 1. The third kappa shape index (κ3) is 3.34. The fourth-order valence-corrected chi connectivity index (χ4v) is 4.80.